The first-order chi connectivity index (χ1) is 11.6. The number of hydrogen-bond acceptors (Lipinski definition) is 6. The highest BCUT2D eigenvalue weighted by Gasteiger charge is 2.26. The first-order valence-electron chi connectivity index (χ1n) is 7.73. The summed E-state index contributed by atoms with van der Waals surface area (Å²) in [4.78, 5) is 22.6. The summed E-state index contributed by atoms with van der Waals surface area (Å²) in [6.07, 6.45) is 2.35. The first kappa shape index (κ1) is 20.7. The molecule has 0 aliphatic rings. The molecule has 0 atom stereocenters. The molecule has 0 aliphatic heterocycles. The molecule has 1 amide bonds. The molecular weight excluding hydrogens is 350 g/mol. The number of nitro benzene ring substituents is 1. The van der Waals surface area contributed by atoms with E-state index in [1.807, 2.05) is 13.8 Å². The van der Waals surface area contributed by atoms with Crippen LogP contribution in [0.3, 0.4) is 0 Å². The predicted molar refractivity (Wildman–Crippen MR) is 94.4 cm³/mol. The van der Waals surface area contributed by atoms with Crippen molar-refractivity contribution in [2.24, 2.45) is 0 Å². The van der Waals surface area contributed by atoms with Gasteiger partial charge in [-0.3, -0.25) is 19.2 Å². The number of rotatable bonds is 9. The Morgan fingerprint density at radius 2 is 1.96 bits per heavy atom. The molecule has 0 spiro atoms. The van der Waals surface area contributed by atoms with Gasteiger partial charge < -0.3 is 10.1 Å². The highest BCUT2D eigenvalue weighted by Crippen LogP contribution is 2.33. The maximum atomic E-state index is 12.2. The molecular formula is C15H23N3O6S. The zero-order valence-corrected chi connectivity index (χ0v) is 15.5. The number of anilines is 1. The number of sulfonamides is 1. The largest absolute Gasteiger partial charge is 0.495 e. The number of amides is 1. The summed E-state index contributed by atoms with van der Waals surface area (Å²) in [5.74, 6) is -0.376. The highest BCUT2D eigenvalue weighted by molar-refractivity contribution is 7.92. The molecule has 1 rings (SSSR count). The van der Waals surface area contributed by atoms with Crippen molar-refractivity contribution in [3.8, 4) is 5.75 Å². The van der Waals surface area contributed by atoms with Gasteiger partial charge in [0.1, 0.15) is 18.0 Å². The molecule has 0 heterocycles. The third kappa shape index (κ3) is 5.59. The molecule has 0 saturated heterocycles. The van der Waals surface area contributed by atoms with E-state index >= 15 is 0 Å². The van der Waals surface area contributed by atoms with Crippen LogP contribution >= 0.6 is 0 Å². The second-order valence-corrected chi connectivity index (χ2v) is 7.37. The molecule has 9 nitrogen and oxygen atoms in total. The lowest BCUT2D eigenvalue weighted by Crippen LogP contribution is -2.43. The van der Waals surface area contributed by atoms with Gasteiger partial charge in [-0.2, -0.15) is 0 Å². The minimum absolute atomic E-state index is 0.0566. The van der Waals surface area contributed by atoms with Gasteiger partial charge in [-0.1, -0.05) is 13.8 Å². The summed E-state index contributed by atoms with van der Waals surface area (Å²) in [6.45, 7) is 3.32. The van der Waals surface area contributed by atoms with Crippen molar-refractivity contribution >= 4 is 27.3 Å². The maximum Gasteiger partial charge on any atom is 0.271 e. The van der Waals surface area contributed by atoms with E-state index in [0.717, 1.165) is 16.6 Å². The zero-order chi connectivity index (χ0) is 19.2. The van der Waals surface area contributed by atoms with Crippen LogP contribution in [-0.4, -0.2) is 45.2 Å². The van der Waals surface area contributed by atoms with Crippen LogP contribution in [0.5, 0.6) is 5.75 Å². The minimum atomic E-state index is -3.87. The van der Waals surface area contributed by atoms with Crippen LogP contribution in [0, 0.1) is 10.1 Å². The lowest BCUT2D eigenvalue weighted by Gasteiger charge is -2.24. The van der Waals surface area contributed by atoms with E-state index in [1.54, 1.807) is 0 Å². The second-order valence-electron chi connectivity index (χ2n) is 5.46. The molecule has 1 N–H and O–H groups in total. The third-order valence-electron chi connectivity index (χ3n) is 3.68. The average Bonchev–Trinajstić information content (AvgIpc) is 2.55. The minimum Gasteiger partial charge on any atom is -0.495 e. The van der Waals surface area contributed by atoms with Crippen molar-refractivity contribution in [2.75, 3.05) is 24.2 Å². The summed E-state index contributed by atoms with van der Waals surface area (Å²) in [6, 6.07) is 3.50. The van der Waals surface area contributed by atoms with E-state index < -0.39 is 27.4 Å². The Kier molecular flexibility index (Phi) is 7.16. The van der Waals surface area contributed by atoms with E-state index in [9.17, 15) is 23.3 Å². The quantitative estimate of drug-likeness (QED) is 0.519. The summed E-state index contributed by atoms with van der Waals surface area (Å²) < 4.78 is 30.2. The Labute approximate surface area is 147 Å². The van der Waals surface area contributed by atoms with Gasteiger partial charge in [-0.05, 0) is 18.9 Å². The van der Waals surface area contributed by atoms with E-state index in [4.69, 9.17) is 4.74 Å². The smallest absolute Gasteiger partial charge is 0.271 e. The van der Waals surface area contributed by atoms with Crippen molar-refractivity contribution in [1.82, 2.24) is 5.32 Å². The lowest BCUT2D eigenvalue weighted by atomic mass is 10.2. The fraction of sp³-hybridized carbons (Fsp3) is 0.533. The number of ether oxygens (including phenoxy) is 1. The van der Waals surface area contributed by atoms with Crippen LogP contribution < -0.4 is 14.4 Å². The molecule has 1 aromatic carbocycles. The third-order valence-corrected chi connectivity index (χ3v) is 4.81. The predicted octanol–water partition coefficient (Wildman–Crippen LogP) is 1.67. The molecule has 140 valence electrons. The summed E-state index contributed by atoms with van der Waals surface area (Å²) in [5, 5.41) is 13.7. The van der Waals surface area contributed by atoms with Gasteiger partial charge >= 0.3 is 0 Å². The van der Waals surface area contributed by atoms with Crippen LogP contribution in [0.4, 0.5) is 11.4 Å². The van der Waals surface area contributed by atoms with Crippen molar-refractivity contribution in [1.29, 1.82) is 0 Å². The summed E-state index contributed by atoms with van der Waals surface area (Å²) in [5.41, 5.74) is -0.358. The van der Waals surface area contributed by atoms with E-state index in [2.05, 4.69) is 5.32 Å². The van der Waals surface area contributed by atoms with Gasteiger partial charge in [-0.15, -0.1) is 0 Å². The zero-order valence-electron chi connectivity index (χ0n) is 14.7. The van der Waals surface area contributed by atoms with E-state index in [-0.39, 0.29) is 23.2 Å². The Bertz CT molecular complexity index is 731. The van der Waals surface area contributed by atoms with Gasteiger partial charge in [0.05, 0.1) is 18.3 Å². The average molecular weight is 373 g/mol. The summed E-state index contributed by atoms with van der Waals surface area (Å²) >= 11 is 0. The van der Waals surface area contributed by atoms with Crippen LogP contribution in [0.2, 0.25) is 0 Å². The van der Waals surface area contributed by atoms with E-state index in [1.165, 1.54) is 19.2 Å². The van der Waals surface area contributed by atoms with Crippen LogP contribution in [-0.2, 0) is 14.8 Å². The Balaban J connectivity index is 3.26. The van der Waals surface area contributed by atoms with Crippen LogP contribution in [0.15, 0.2) is 18.2 Å². The number of benzene rings is 1. The maximum absolute atomic E-state index is 12.2. The number of nitrogens with one attached hydrogen (secondary N) is 1. The lowest BCUT2D eigenvalue weighted by molar-refractivity contribution is -0.384. The van der Waals surface area contributed by atoms with Crippen molar-refractivity contribution < 1.29 is 22.9 Å². The molecule has 10 heteroatoms. The molecule has 1 aromatic rings. The first-order valence-corrected chi connectivity index (χ1v) is 9.58. The number of hydrogen-bond donors (Lipinski definition) is 1. The number of carbonyl (C=O) groups excluding carboxylic acids is 1. The molecule has 0 radical (unpaired) electrons. The van der Waals surface area contributed by atoms with Crippen LogP contribution in [0.1, 0.15) is 26.7 Å². The van der Waals surface area contributed by atoms with Crippen molar-refractivity contribution in [2.45, 2.75) is 32.7 Å². The molecule has 0 fully saturated rings. The fourth-order valence-electron chi connectivity index (χ4n) is 2.26. The molecule has 0 saturated carbocycles. The number of methoxy groups -OCH3 is 1. The van der Waals surface area contributed by atoms with Gasteiger partial charge in [0.25, 0.3) is 5.69 Å². The Hall–Kier alpha value is -2.36. The van der Waals surface area contributed by atoms with Crippen LogP contribution in [0.25, 0.3) is 0 Å². The van der Waals surface area contributed by atoms with Crippen molar-refractivity contribution in [3.05, 3.63) is 28.3 Å². The second kappa shape index (κ2) is 8.65. The monoisotopic (exact) mass is 373 g/mol. The normalized spacial score (nSPS) is 11.2. The van der Waals surface area contributed by atoms with E-state index in [0.29, 0.717) is 12.8 Å². The standard InChI is InChI=1S/C15H23N3O6S/c1-5-11(6-2)16-15(19)10-17(25(4,22)23)13-9-12(18(20)21)7-8-14(13)24-3/h7-9,11H,5-6,10H2,1-4H3,(H,16,19). The number of non-ortho nitro benzene ring substituents is 1. The topological polar surface area (TPSA) is 119 Å². The molecule has 0 aromatic heterocycles. The number of nitrogens with zero attached hydrogens (tertiary/aromatic N) is 2. The Morgan fingerprint density at radius 3 is 2.40 bits per heavy atom. The SMILES string of the molecule is CCC(CC)NC(=O)CN(c1cc([N+](=O)[O-])ccc1OC)S(C)(=O)=O. The Morgan fingerprint density at radius 1 is 1.36 bits per heavy atom. The molecule has 0 unspecified atom stereocenters. The van der Waals surface area contributed by atoms with Gasteiger partial charge in [-0.25, -0.2) is 8.42 Å². The molecule has 0 bridgehead atoms. The number of carbonyl (C=O) groups is 1. The number of nitro groups is 1. The molecule has 25 heavy (non-hydrogen) atoms. The van der Waals surface area contributed by atoms with Gasteiger partial charge in [0.2, 0.25) is 15.9 Å². The highest BCUT2D eigenvalue weighted by atomic mass is 32.2. The van der Waals surface area contributed by atoms with Gasteiger partial charge in [0.15, 0.2) is 0 Å². The molecule has 0 aliphatic carbocycles. The van der Waals surface area contributed by atoms with Crippen molar-refractivity contribution in [3.63, 3.8) is 0 Å². The summed E-state index contributed by atoms with van der Waals surface area (Å²) in [7, 11) is -2.55. The fourth-order valence-corrected chi connectivity index (χ4v) is 3.12. The van der Waals surface area contributed by atoms with Gasteiger partial charge in [0, 0.05) is 18.2 Å².